The summed E-state index contributed by atoms with van der Waals surface area (Å²) in [6, 6.07) is 4.04. The highest BCUT2D eigenvalue weighted by Gasteiger charge is 2.86. The van der Waals surface area contributed by atoms with E-state index in [1.54, 1.807) is 0 Å². The average molecular weight is 510 g/mol. The third kappa shape index (κ3) is 5.33. The van der Waals surface area contributed by atoms with Crippen molar-refractivity contribution in [2.75, 3.05) is 13.1 Å². The molecule has 15 heteroatoms. The summed E-state index contributed by atoms with van der Waals surface area (Å²) in [4.78, 5) is 2.05. The van der Waals surface area contributed by atoms with Crippen molar-refractivity contribution in [3.8, 4) is 5.75 Å². The van der Waals surface area contributed by atoms with E-state index in [4.69, 9.17) is 0 Å². The van der Waals surface area contributed by atoms with Crippen molar-refractivity contribution in [3.05, 3.63) is 29.8 Å². The normalized spacial score (nSPS) is 17.2. The van der Waals surface area contributed by atoms with Crippen molar-refractivity contribution in [2.45, 2.75) is 49.1 Å². The Kier molecular flexibility index (Phi) is 8.21. The molecule has 1 heterocycles. The summed E-state index contributed by atoms with van der Waals surface area (Å²) in [6.07, 6.45) is -4.14. The average Bonchev–Trinajstić information content (AvgIpc) is 2.62. The molecule has 1 saturated heterocycles. The molecule has 31 heavy (non-hydrogen) atoms. The lowest BCUT2D eigenvalue weighted by Crippen LogP contribution is -2.63. The number of likely N-dealkylation sites (tertiary alicyclic amines) is 1. The molecule has 1 aromatic carbocycles. The van der Waals surface area contributed by atoms with Gasteiger partial charge in [0.1, 0.15) is 5.75 Å². The second-order valence-corrected chi connectivity index (χ2v) is 8.27. The van der Waals surface area contributed by atoms with Gasteiger partial charge >= 0.3 is 33.4 Å². The van der Waals surface area contributed by atoms with Crippen molar-refractivity contribution in [3.63, 3.8) is 0 Å². The fourth-order valence-corrected chi connectivity index (χ4v) is 3.63. The van der Waals surface area contributed by atoms with Crippen LogP contribution in [0.1, 0.15) is 24.8 Å². The minimum absolute atomic E-state index is 0. The summed E-state index contributed by atoms with van der Waals surface area (Å²) >= 11 is 0. The zero-order valence-corrected chi connectivity index (χ0v) is 17.1. The highest BCUT2D eigenvalue weighted by molar-refractivity contribution is 7.88. The van der Waals surface area contributed by atoms with E-state index in [1.165, 1.54) is 12.1 Å². The Morgan fingerprint density at radius 2 is 1.29 bits per heavy atom. The molecule has 0 spiro atoms. The Hall–Kier alpha value is -1.41. The summed E-state index contributed by atoms with van der Waals surface area (Å²) in [5, 5.41) is -6.88. The Labute approximate surface area is 177 Å². The number of hydrogen-bond donors (Lipinski definition) is 0. The van der Waals surface area contributed by atoms with E-state index in [0.717, 1.165) is 44.5 Å². The van der Waals surface area contributed by atoms with E-state index in [9.17, 15) is 47.9 Å². The van der Waals surface area contributed by atoms with Crippen LogP contribution >= 0.6 is 12.4 Å². The Balaban J connectivity index is 0.00000480. The molecule has 180 valence electrons. The van der Waals surface area contributed by atoms with Gasteiger partial charge in [-0.3, -0.25) is 4.90 Å². The standard InChI is InChI=1S/C16H16F9NO3S.ClH/c17-13(18,15(21,22)23)14(19,20)16(24,25)30(27,28)29-12-6-4-11(5-7-12)10-26-8-2-1-3-9-26;/h4-7H,1-3,8-10H2;1H. The van der Waals surface area contributed by atoms with Crippen LogP contribution in [0.25, 0.3) is 0 Å². The van der Waals surface area contributed by atoms with Crippen LogP contribution in [0.15, 0.2) is 24.3 Å². The van der Waals surface area contributed by atoms with Gasteiger partial charge in [-0.05, 0) is 43.6 Å². The van der Waals surface area contributed by atoms with Gasteiger partial charge in [0.15, 0.2) is 0 Å². The van der Waals surface area contributed by atoms with Crippen molar-refractivity contribution < 1.29 is 52.1 Å². The highest BCUT2D eigenvalue weighted by atomic mass is 35.5. The molecule has 1 aliphatic rings. The largest absolute Gasteiger partial charge is 0.460 e. The van der Waals surface area contributed by atoms with Crippen LogP contribution in [-0.4, -0.2) is 49.7 Å². The summed E-state index contributed by atoms with van der Waals surface area (Å²) in [6.45, 7) is 2.00. The third-order valence-electron chi connectivity index (χ3n) is 4.41. The molecule has 1 fully saturated rings. The van der Waals surface area contributed by atoms with E-state index in [-0.39, 0.29) is 12.4 Å². The van der Waals surface area contributed by atoms with Crippen LogP contribution in [0.5, 0.6) is 5.75 Å². The summed E-state index contributed by atoms with van der Waals surface area (Å²) in [5.41, 5.74) is 0.586. The summed E-state index contributed by atoms with van der Waals surface area (Å²) < 4.78 is 143. The van der Waals surface area contributed by atoms with E-state index in [0.29, 0.717) is 12.1 Å². The fraction of sp³-hybridized carbons (Fsp3) is 0.625. The van der Waals surface area contributed by atoms with Gasteiger partial charge in [0, 0.05) is 6.54 Å². The van der Waals surface area contributed by atoms with Gasteiger partial charge in [0.25, 0.3) is 0 Å². The molecule has 0 aromatic heterocycles. The lowest BCUT2D eigenvalue weighted by Gasteiger charge is -2.32. The lowest BCUT2D eigenvalue weighted by molar-refractivity contribution is -0.382. The maximum absolute atomic E-state index is 13.6. The Morgan fingerprint density at radius 3 is 1.74 bits per heavy atom. The van der Waals surface area contributed by atoms with E-state index < -0.39 is 39.1 Å². The molecule has 0 bridgehead atoms. The molecular weight excluding hydrogens is 493 g/mol. The first kappa shape index (κ1) is 27.6. The minimum atomic E-state index is -7.34. The number of benzene rings is 1. The first-order valence-electron chi connectivity index (χ1n) is 8.48. The zero-order valence-electron chi connectivity index (χ0n) is 15.4. The predicted molar refractivity (Wildman–Crippen MR) is 93.3 cm³/mol. The maximum atomic E-state index is 13.6. The minimum Gasteiger partial charge on any atom is -0.378 e. The van der Waals surface area contributed by atoms with Crippen LogP contribution in [0.4, 0.5) is 39.5 Å². The molecule has 0 N–H and O–H groups in total. The molecular formula is C16H17ClF9NO3S. The van der Waals surface area contributed by atoms with Crippen LogP contribution < -0.4 is 4.18 Å². The number of rotatable bonds is 7. The fourth-order valence-electron chi connectivity index (χ4n) is 2.72. The molecule has 1 aliphatic heterocycles. The monoisotopic (exact) mass is 509 g/mol. The second-order valence-electron chi connectivity index (χ2n) is 6.68. The van der Waals surface area contributed by atoms with Crippen molar-refractivity contribution in [1.29, 1.82) is 0 Å². The number of halogens is 10. The van der Waals surface area contributed by atoms with Gasteiger partial charge < -0.3 is 4.18 Å². The molecule has 0 atom stereocenters. The van der Waals surface area contributed by atoms with Gasteiger partial charge in [-0.15, -0.1) is 12.4 Å². The predicted octanol–water partition coefficient (Wildman–Crippen LogP) is 5.23. The zero-order chi connectivity index (χ0) is 23.0. The third-order valence-corrected chi connectivity index (χ3v) is 5.71. The van der Waals surface area contributed by atoms with Gasteiger partial charge in [0.2, 0.25) is 0 Å². The Bertz CT molecular complexity index is 839. The van der Waals surface area contributed by atoms with Gasteiger partial charge in [-0.2, -0.15) is 47.9 Å². The summed E-state index contributed by atoms with van der Waals surface area (Å²) in [7, 11) is -6.93. The molecule has 0 aliphatic carbocycles. The highest BCUT2D eigenvalue weighted by Crippen LogP contribution is 2.54. The van der Waals surface area contributed by atoms with Crippen molar-refractivity contribution in [2.24, 2.45) is 0 Å². The number of nitrogens with zero attached hydrogens (tertiary/aromatic N) is 1. The van der Waals surface area contributed by atoms with E-state index in [1.807, 2.05) is 4.90 Å². The Morgan fingerprint density at radius 1 is 0.806 bits per heavy atom. The van der Waals surface area contributed by atoms with Crippen molar-refractivity contribution in [1.82, 2.24) is 4.90 Å². The lowest BCUT2D eigenvalue weighted by atomic mass is 10.1. The SMILES string of the molecule is Cl.O=S(=O)(Oc1ccc(CN2CCCCC2)cc1)C(F)(F)C(F)(F)C(F)(F)C(F)(F)F. The molecule has 0 radical (unpaired) electrons. The first-order chi connectivity index (χ1) is 13.5. The van der Waals surface area contributed by atoms with Crippen molar-refractivity contribution >= 4 is 22.5 Å². The number of alkyl halides is 9. The topological polar surface area (TPSA) is 46.6 Å². The van der Waals surface area contributed by atoms with Gasteiger partial charge in [-0.25, -0.2) is 0 Å². The molecule has 0 saturated carbocycles. The van der Waals surface area contributed by atoms with E-state index in [2.05, 4.69) is 4.18 Å². The molecule has 0 amide bonds. The molecule has 1 aromatic rings. The number of hydrogen-bond acceptors (Lipinski definition) is 4. The molecule has 0 unspecified atom stereocenters. The maximum Gasteiger partial charge on any atom is 0.460 e. The van der Waals surface area contributed by atoms with Gasteiger partial charge in [-0.1, -0.05) is 18.6 Å². The van der Waals surface area contributed by atoms with Crippen LogP contribution in [0, 0.1) is 0 Å². The first-order valence-corrected chi connectivity index (χ1v) is 9.89. The van der Waals surface area contributed by atoms with Crippen LogP contribution in [0.2, 0.25) is 0 Å². The van der Waals surface area contributed by atoms with Gasteiger partial charge in [0.05, 0.1) is 0 Å². The quantitative estimate of drug-likeness (QED) is 0.373. The smallest absolute Gasteiger partial charge is 0.378 e. The molecule has 4 nitrogen and oxygen atoms in total. The van der Waals surface area contributed by atoms with E-state index >= 15 is 0 Å². The number of piperidine rings is 1. The van der Waals surface area contributed by atoms with Crippen LogP contribution in [-0.2, 0) is 16.7 Å². The summed E-state index contributed by atoms with van der Waals surface area (Å²) in [5.74, 6) is -15.6. The molecule has 2 rings (SSSR count). The van der Waals surface area contributed by atoms with Crippen LogP contribution in [0.3, 0.4) is 0 Å². The second kappa shape index (κ2) is 9.22.